The third kappa shape index (κ3) is 3.30. The van der Waals surface area contributed by atoms with Crippen LogP contribution in [0.1, 0.15) is 54.4 Å². The SMILES string of the molecule is CC(C)(C)N(CC1CC1)C(C)(C)C. The second-order valence-corrected chi connectivity index (χ2v) is 6.40. The van der Waals surface area contributed by atoms with Crippen molar-refractivity contribution in [1.82, 2.24) is 4.90 Å². The summed E-state index contributed by atoms with van der Waals surface area (Å²) in [5.74, 6) is 0.985. The quantitative estimate of drug-likeness (QED) is 0.635. The summed E-state index contributed by atoms with van der Waals surface area (Å²) in [5, 5.41) is 0. The van der Waals surface area contributed by atoms with Crippen LogP contribution in [0.3, 0.4) is 0 Å². The van der Waals surface area contributed by atoms with E-state index in [2.05, 4.69) is 46.4 Å². The van der Waals surface area contributed by atoms with Gasteiger partial charge in [-0.15, -0.1) is 0 Å². The monoisotopic (exact) mass is 183 g/mol. The topological polar surface area (TPSA) is 3.24 Å². The third-order valence-corrected chi connectivity index (χ3v) is 2.76. The van der Waals surface area contributed by atoms with Gasteiger partial charge in [0.15, 0.2) is 0 Å². The molecule has 0 heterocycles. The van der Waals surface area contributed by atoms with Gasteiger partial charge in [-0.05, 0) is 60.3 Å². The van der Waals surface area contributed by atoms with E-state index in [-0.39, 0.29) is 0 Å². The smallest absolute Gasteiger partial charge is 0.0130 e. The Bertz CT molecular complexity index is 153. The number of hydrogen-bond donors (Lipinski definition) is 0. The molecule has 0 radical (unpaired) electrons. The van der Waals surface area contributed by atoms with E-state index in [0.29, 0.717) is 11.1 Å². The van der Waals surface area contributed by atoms with Crippen molar-refractivity contribution in [2.75, 3.05) is 6.54 Å². The van der Waals surface area contributed by atoms with Gasteiger partial charge in [-0.1, -0.05) is 0 Å². The molecule has 0 aromatic heterocycles. The first-order valence-corrected chi connectivity index (χ1v) is 5.49. The maximum absolute atomic E-state index is 2.64. The molecule has 0 aliphatic heterocycles. The Morgan fingerprint density at radius 2 is 1.31 bits per heavy atom. The highest BCUT2D eigenvalue weighted by Crippen LogP contribution is 2.35. The fourth-order valence-electron chi connectivity index (χ4n) is 2.11. The van der Waals surface area contributed by atoms with Crippen molar-refractivity contribution in [3.63, 3.8) is 0 Å². The third-order valence-electron chi connectivity index (χ3n) is 2.76. The molecule has 0 spiro atoms. The van der Waals surface area contributed by atoms with E-state index in [4.69, 9.17) is 0 Å². The maximum Gasteiger partial charge on any atom is 0.0130 e. The zero-order valence-corrected chi connectivity index (χ0v) is 10.1. The molecule has 1 saturated carbocycles. The molecule has 0 bridgehead atoms. The summed E-state index contributed by atoms with van der Waals surface area (Å²) in [7, 11) is 0. The van der Waals surface area contributed by atoms with Crippen molar-refractivity contribution < 1.29 is 0 Å². The first-order chi connectivity index (χ1) is 5.71. The Labute approximate surface area is 83.5 Å². The van der Waals surface area contributed by atoms with Gasteiger partial charge in [0.25, 0.3) is 0 Å². The molecule has 1 aliphatic rings. The zero-order valence-electron chi connectivity index (χ0n) is 10.1. The van der Waals surface area contributed by atoms with E-state index in [0.717, 1.165) is 5.92 Å². The summed E-state index contributed by atoms with van der Waals surface area (Å²) in [6, 6.07) is 0. The fourth-order valence-corrected chi connectivity index (χ4v) is 2.11. The van der Waals surface area contributed by atoms with Gasteiger partial charge in [-0.2, -0.15) is 0 Å². The van der Waals surface area contributed by atoms with Crippen LogP contribution in [-0.4, -0.2) is 22.5 Å². The Balaban J connectivity index is 2.63. The van der Waals surface area contributed by atoms with Crippen molar-refractivity contribution in [3.8, 4) is 0 Å². The lowest BCUT2D eigenvalue weighted by molar-refractivity contribution is 0.0336. The Morgan fingerprint density at radius 3 is 1.54 bits per heavy atom. The van der Waals surface area contributed by atoms with Crippen LogP contribution in [0.15, 0.2) is 0 Å². The lowest BCUT2D eigenvalue weighted by Crippen LogP contribution is -2.53. The number of rotatable bonds is 2. The summed E-state index contributed by atoms with van der Waals surface area (Å²) in [6.45, 7) is 15.2. The highest BCUT2D eigenvalue weighted by atomic mass is 15.2. The number of nitrogens with zero attached hydrogens (tertiary/aromatic N) is 1. The molecule has 0 unspecified atom stereocenters. The van der Waals surface area contributed by atoms with E-state index in [9.17, 15) is 0 Å². The van der Waals surface area contributed by atoms with Gasteiger partial charge in [-0.25, -0.2) is 0 Å². The molecule has 0 N–H and O–H groups in total. The first kappa shape index (κ1) is 11.0. The van der Waals surface area contributed by atoms with Crippen LogP contribution in [0.2, 0.25) is 0 Å². The fraction of sp³-hybridized carbons (Fsp3) is 1.00. The van der Waals surface area contributed by atoms with E-state index in [1.54, 1.807) is 0 Å². The molecule has 0 amide bonds. The average Bonchev–Trinajstić information content (AvgIpc) is 2.58. The second-order valence-electron chi connectivity index (χ2n) is 6.40. The van der Waals surface area contributed by atoms with Crippen molar-refractivity contribution in [3.05, 3.63) is 0 Å². The van der Waals surface area contributed by atoms with Gasteiger partial charge in [0.2, 0.25) is 0 Å². The minimum Gasteiger partial charge on any atom is -0.293 e. The van der Waals surface area contributed by atoms with E-state index >= 15 is 0 Å². The molecular weight excluding hydrogens is 158 g/mol. The Hall–Kier alpha value is -0.0400. The largest absolute Gasteiger partial charge is 0.293 e. The number of hydrogen-bond acceptors (Lipinski definition) is 1. The summed E-state index contributed by atoms with van der Waals surface area (Å²) in [4.78, 5) is 2.64. The molecular formula is C12H25N. The van der Waals surface area contributed by atoms with E-state index in [1.807, 2.05) is 0 Å². The zero-order chi connectivity index (χ0) is 10.3. The van der Waals surface area contributed by atoms with Gasteiger partial charge in [0.1, 0.15) is 0 Å². The minimum atomic E-state index is 0.306. The van der Waals surface area contributed by atoms with Crippen LogP contribution in [0.4, 0.5) is 0 Å². The molecule has 1 fully saturated rings. The van der Waals surface area contributed by atoms with Gasteiger partial charge in [0.05, 0.1) is 0 Å². The molecule has 1 rings (SSSR count). The van der Waals surface area contributed by atoms with Gasteiger partial charge >= 0.3 is 0 Å². The van der Waals surface area contributed by atoms with E-state index < -0.39 is 0 Å². The lowest BCUT2D eigenvalue weighted by Gasteiger charge is -2.45. The normalized spacial score (nSPS) is 19.6. The Morgan fingerprint density at radius 1 is 0.923 bits per heavy atom. The Kier molecular flexibility index (Phi) is 2.78. The standard InChI is InChI=1S/C12H25N/c1-11(2,3)13(12(4,5)6)9-10-7-8-10/h10H,7-9H2,1-6H3. The molecule has 78 valence electrons. The van der Waals surface area contributed by atoms with Crippen LogP contribution in [0.5, 0.6) is 0 Å². The van der Waals surface area contributed by atoms with Gasteiger partial charge in [-0.3, -0.25) is 4.90 Å². The molecule has 0 saturated heterocycles. The molecule has 0 aromatic rings. The lowest BCUT2D eigenvalue weighted by atomic mass is 9.95. The summed E-state index contributed by atoms with van der Waals surface area (Å²) < 4.78 is 0. The van der Waals surface area contributed by atoms with Gasteiger partial charge in [0, 0.05) is 17.6 Å². The molecule has 13 heavy (non-hydrogen) atoms. The van der Waals surface area contributed by atoms with Crippen LogP contribution in [0.25, 0.3) is 0 Å². The van der Waals surface area contributed by atoms with Crippen molar-refractivity contribution >= 4 is 0 Å². The highest BCUT2D eigenvalue weighted by molar-refractivity contribution is 4.90. The van der Waals surface area contributed by atoms with Crippen LogP contribution in [0, 0.1) is 5.92 Å². The summed E-state index contributed by atoms with van der Waals surface area (Å²) in [6.07, 6.45) is 2.89. The average molecular weight is 183 g/mol. The molecule has 1 heteroatoms. The molecule has 0 atom stereocenters. The first-order valence-electron chi connectivity index (χ1n) is 5.49. The predicted octanol–water partition coefficient (Wildman–Crippen LogP) is 3.30. The summed E-state index contributed by atoms with van der Waals surface area (Å²) >= 11 is 0. The molecule has 0 aromatic carbocycles. The van der Waals surface area contributed by atoms with Gasteiger partial charge < -0.3 is 0 Å². The van der Waals surface area contributed by atoms with Crippen LogP contribution < -0.4 is 0 Å². The molecule has 1 nitrogen and oxygen atoms in total. The van der Waals surface area contributed by atoms with Crippen LogP contribution in [-0.2, 0) is 0 Å². The second kappa shape index (κ2) is 3.27. The van der Waals surface area contributed by atoms with E-state index in [1.165, 1.54) is 19.4 Å². The summed E-state index contributed by atoms with van der Waals surface area (Å²) in [5.41, 5.74) is 0.613. The van der Waals surface area contributed by atoms with Crippen molar-refractivity contribution in [2.45, 2.75) is 65.5 Å². The maximum atomic E-state index is 2.64. The predicted molar refractivity (Wildman–Crippen MR) is 58.9 cm³/mol. The minimum absolute atomic E-state index is 0.306. The van der Waals surface area contributed by atoms with Crippen LogP contribution >= 0.6 is 0 Å². The molecule has 1 aliphatic carbocycles. The highest BCUT2D eigenvalue weighted by Gasteiger charge is 2.35. The van der Waals surface area contributed by atoms with Crippen molar-refractivity contribution in [1.29, 1.82) is 0 Å². The van der Waals surface area contributed by atoms with Crippen molar-refractivity contribution in [2.24, 2.45) is 5.92 Å².